The first-order chi connectivity index (χ1) is 14.1. The summed E-state index contributed by atoms with van der Waals surface area (Å²) >= 11 is 5.89. The van der Waals surface area contributed by atoms with E-state index >= 15 is 0 Å². The summed E-state index contributed by atoms with van der Waals surface area (Å²) in [6.45, 7) is 0.102. The molecule has 0 radical (unpaired) electrons. The third kappa shape index (κ3) is 4.67. The first-order valence-corrected chi connectivity index (χ1v) is 9.10. The number of furan rings is 1. The maximum Gasteiger partial charge on any atom is 0.244 e. The Hall–Kier alpha value is -3.52. The zero-order chi connectivity index (χ0) is 20.2. The highest BCUT2D eigenvalue weighted by atomic mass is 35.5. The van der Waals surface area contributed by atoms with Crippen molar-refractivity contribution >= 4 is 17.5 Å². The maximum absolute atomic E-state index is 13.3. The zero-order valence-electron chi connectivity index (χ0n) is 15.0. The number of benzene rings is 2. The molecule has 9 heteroatoms. The average molecular weight is 412 g/mol. The molecule has 2 aromatic heterocycles. The number of halogens is 2. The predicted octanol–water partition coefficient (Wildman–Crippen LogP) is 3.71. The molecule has 0 aliphatic heterocycles. The number of nitrogens with zero attached hydrogens (tertiary/aromatic N) is 4. The minimum atomic E-state index is -0.395. The molecule has 2 heterocycles. The minimum Gasteiger partial charge on any atom is -0.459 e. The molecule has 0 atom stereocenters. The highest BCUT2D eigenvalue weighted by Crippen LogP contribution is 2.23. The number of hydrogen-bond donors (Lipinski definition) is 1. The summed E-state index contributed by atoms with van der Waals surface area (Å²) in [4.78, 5) is 13.3. The van der Waals surface area contributed by atoms with Gasteiger partial charge in [0.2, 0.25) is 11.7 Å². The molecule has 0 aliphatic rings. The molecule has 0 spiro atoms. The fourth-order valence-corrected chi connectivity index (χ4v) is 2.79. The Morgan fingerprint density at radius 1 is 1.10 bits per heavy atom. The largest absolute Gasteiger partial charge is 0.459 e. The summed E-state index contributed by atoms with van der Waals surface area (Å²) in [5.41, 5.74) is 1.38. The van der Waals surface area contributed by atoms with Crippen LogP contribution in [0.1, 0.15) is 5.76 Å². The summed E-state index contributed by atoms with van der Waals surface area (Å²) in [6, 6.07) is 16.7. The second-order valence-electron chi connectivity index (χ2n) is 6.20. The number of aromatic nitrogens is 4. The third-order valence-electron chi connectivity index (χ3n) is 4.07. The van der Waals surface area contributed by atoms with Crippen molar-refractivity contribution in [2.75, 3.05) is 0 Å². The van der Waals surface area contributed by atoms with Crippen LogP contribution in [0.5, 0.6) is 0 Å². The number of tetrazole rings is 1. The monoisotopic (exact) mass is 411 g/mol. The molecule has 0 fully saturated rings. The molecule has 0 aliphatic carbocycles. The molecule has 0 saturated heterocycles. The van der Waals surface area contributed by atoms with Gasteiger partial charge in [0, 0.05) is 16.1 Å². The van der Waals surface area contributed by atoms with Gasteiger partial charge in [-0.05, 0) is 53.7 Å². The summed E-state index contributed by atoms with van der Waals surface area (Å²) in [6.07, 6.45) is 0. The Morgan fingerprint density at radius 3 is 2.72 bits per heavy atom. The summed E-state index contributed by atoms with van der Waals surface area (Å²) in [5.74, 6) is 0.834. The molecule has 2 aromatic carbocycles. The van der Waals surface area contributed by atoms with E-state index in [-0.39, 0.29) is 24.8 Å². The molecule has 1 amide bonds. The molecule has 1 N–H and O–H groups in total. The minimum absolute atomic E-state index is 0.118. The van der Waals surface area contributed by atoms with Crippen molar-refractivity contribution in [1.29, 1.82) is 0 Å². The van der Waals surface area contributed by atoms with Crippen LogP contribution in [0.15, 0.2) is 65.1 Å². The Balaban J connectivity index is 1.33. The standard InChI is InChI=1S/C20H15ClFN5O2/c21-15-6-4-13(5-7-15)18-9-8-17(29-18)11-23-19(28)12-27-25-20(24-26-27)14-2-1-3-16(22)10-14/h1-10H,11-12H2,(H,23,28). The third-order valence-corrected chi connectivity index (χ3v) is 4.32. The van der Waals surface area contributed by atoms with Crippen molar-refractivity contribution in [3.05, 3.63) is 77.3 Å². The first-order valence-electron chi connectivity index (χ1n) is 8.72. The van der Waals surface area contributed by atoms with E-state index in [2.05, 4.69) is 20.7 Å². The van der Waals surface area contributed by atoms with Crippen LogP contribution in [0.4, 0.5) is 4.39 Å². The van der Waals surface area contributed by atoms with E-state index in [0.717, 1.165) is 10.4 Å². The molecular weight excluding hydrogens is 397 g/mol. The second kappa shape index (κ2) is 8.24. The number of rotatable bonds is 6. The van der Waals surface area contributed by atoms with E-state index in [9.17, 15) is 9.18 Å². The van der Waals surface area contributed by atoms with Crippen LogP contribution in [0.25, 0.3) is 22.7 Å². The summed E-state index contributed by atoms with van der Waals surface area (Å²) < 4.78 is 19.0. The number of hydrogen-bond acceptors (Lipinski definition) is 5. The number of nitrogens with one attached hydrogen (secondary N) is 1. The zero-order valence-corrected chi connectivity index (χ0v) is 15.8. The Bertz CT molecular complexity index is 1140. The summed E-state index contributed by atoms with van der Waals surface area (Å²) in [7, 11) is 0. The van der Waals surface area contributed by atoms with Crippen LogP contribution in [-0.4, -0.2) is 26.1 Å². The Kier molecular flexibility index (Phi) is 5.35. The van der Waals surface area contributed by atoms with Gasteiger partial charge >= 0.3 is 0 Å². The van der Waals surface area contributed by atoms with Gasteiger partial charge in [-0.1, -0.05) is 23.7 Å². The van der Waals surface area contributed by atoms with E-state index in [1.165, 1.54) is 12.1 Å². The van der Waals surface area contributed by atoms with Crippen molar-refractivity contribution in [3.63, 3.8) is 0 Å². The van der Waals surface area contributed by atoms with Gasteiger partial charge in [-0.3, -0.25) is 4.79 Å². The molecule has 4 aromatic rings. The van der Waals surface area contributed by atoms with Crippen molar-refractivity contribution in [3.8, 4) is 22.7 Å². The van der Waals surface area contributed by atoms with Gasteiger partial charge in [0.1, 0.15) is 23.9 Å². The topological polar surface area (TPSA) is 85.8 Å². The number of carbonyl (C=O) groups excluding carboxylic acids is 1. The van der Waals surface area contributed by atoms with Gasteiger partial charge in [0.25, 0.3) is 0 Å². The van der Waals surface area contributed by atoms with E-state index in [1.54, 1.807) is 30.3 Å². The Morgan fingerprint density at radius 2 is 1.93 bits per heavy atom. The van der Waals surface area contributed by atoms with Crippen LogP contribution in [0, 0.1) is 5.82 Å². The lowest BCUT2D eigenvalue weighted by molar-refractivity contribution is -0.122. The average Bonchev–Trinajstić information content (AvgIpc) is 3.37. The van der Waals surface area contributed by atoms with E-state index in [4.69, 9.17) is 16.0 Å². The SMILES string of the molecule is O=C(Cn1nnc(-c2cccc(F)c2)n1)NCc1ccc(-c2ccc(Cl)cc2)o1. The van der Waals surface area contributed by atoms with Crippen molar-refractivity contribution < 1.29 is 13.6 Å². The van der Waals surface area contributed by atoms with Crippen LogP contribution in [0.2, 0.25) is 5.02 Å². The molecule has 4 rings (SSSR count). The number of carbonyl (C=O) groups is 1. The lowest BCUT2D eigenvalue weighted by Crippen LogP contribution is -2.27. The fraction of sp³-hybridized carbons (Fsp3) is 0.100. The van der Waals surface area contributed by atoms with Crippen LogP contribution >= 0.6 is 11.6 Å². The van der Waals surface area contributed by atoms with E-state index in [1.807, 2.05) is 18.2 Å². The smallest absolute Gasteiger partial charge is 0.244 e. The van der Waals surface area contributed by atoms with Gasteiger partial charge in [-0.15, -0.1) is 10.2 Å². The van der Waals surface area contributed by atoms with Crippen molar-refractivity contribution in [2.24, 2.45) is 0 Å². The van der Waals surface area contributed by atoms with Gasteiger partial charge in [-0.2, -0.15) is 4.80 Å². The normalized spacial score (nSPS) is 10.8. The predicted molar refractivity (Wildman–Crippen MR) is 104 cm³/mol. The van der Waals surface area contributed by atoms with Gasteiger partial charge in [-0.25, -0.2) is 4.39 Å². The van der Waals surface area contributed by atoms with Crippen molar-refractivity contribution in [2.45, 2.75) is 13.1 Å². The lowest BCUT2D eigenvalue weighted by atomic mass is 10.2. The van der Waals surface area contributed by atoms with Gasteiger partial charge in [0.15, 0.2) is 0 Å². The van der Waals surface area contributed by atoms with Gasteiger partial charge < -0.3 is 9.73 Å². The molecule has 0 unspecified atom stereocenters. The van der Waals surface area contributed by atoms with Crippen LogP contribution in [-0.2, 0) is 17.9 Å². The highest BCUT2D eigenvalue weighted by Gasteiger charge is 2.11. The molecule has 146 valence electrons. The molecule has 7 nitrogen and oxygen atoms in total. The quantitative estimate of drug-likeness (QED) is 0.522. The maximum atomic E-state index is 13.3. The highest BCUT2D eigenvalue weighted by molar-refractivity contribution is 6.30. The van der Waals surface area contributed by atoms with Crippen LogP contribution in [0.3, 0.4) is 0 Å². The Labute approximate surface area is 170 Å². The second-order valence-corrected chi connectivity index (χ2v) is 6.64. The number of amides is 1. The molecular formula is C20H15ClFN5O2. The lowest BCUT2D eigenvalue weighted by Gasteiger charge is -2.02. The van der Waals surface area contributed by atoms with Crippen LogP contribution < -0.4 is 5.32 Å². The van der Waals surface area contributed by atoms with Crippen molar-refractivity contribution in [1.82, 2.24) is 25.5 Å². The van der Waals surface area contributed by atoms with E-state index < -0.39 is 5.82 Å². The fourth-order valence-electron chi connectivity index (χ4n) is 2.67. The molecule has 0 bridgehead atoms. The van der Waals surface area contributed by atoms with E-state index in [0.29, 0.717) is 22.1 Å². The first kappa shape index (κ1) is 18.8. The molecule has 0 saturated carbocycles. The molecule has 29 heavy (non-hydrogen) atoms. The summed E-state index contributed by atoms with van der Waals surface area (Å²) in [5, 5.41) is 15.2. The van der Waals surface area contributed by atoms with Gasteiger partial charge in [0.05, 0.1) is 6.54 Å².